The molecule has 1 aromatic heterocycles. The zero-order valence-corrected chi connectivity index (χ0v) is 33.0. The molecule has 2 heterocycles. The average Bonchev–Trinajstić information content (AvgIpc) is 3.52. The second-order valence-corrected chi connectivity index (χ2v) is 20.3. The number of hydrogen-bond acceptors (Lipinski definition) is 6. The molecule has 13 atom stereocenters. The maximum absolute atomic E-state index is 11.5. The van der Waals surface area contributed by atoms with Gasteiger partial charge in [0.25, 0.3) is 0 Å². The number of benzene rings is 1. The zero-order valence-electron chi connectivity index (χ0n) is 33.0. The summed E-state index contributed by atoms with van der Waals surface area (Å²) in [7, 11) is 0. The van der Waals surface area contributed by atoms with Crippen LogP contribution < -0.4 is 11.1 Å². The van der Waals surface area contributed by atoms with Gasteiger partial charge in [-0.2, -0.15) is 0 Å². The number of allylic oxidation sites excluding steroid dienone is 1. The van der Waals surface area contributed by atoms with Crippen LogP contribution in [0.3, 0.4) is 0 Å². The van der Waals surface area contributed by atoms with Crippen LogP contribution in [0.5, 0.6) is 0 Å². The zero-order chi connectivity index (χ0) is 37.5. The number of nitrogens with zero attached hydrogens (tertiary/aromatic N) is 1. The largest absolute Gasteiger partial charge is 0.471 e. The van der Waals surface area contributed by atoms with Gasteiger partial charge in [-0.3, -0.25) is 0 Å². The smallest absolute Gasteiger partial charge is 0.190 e. The van der Waals surface area contributed by atoms with Crippen LogP contribution in [0.2, 0.25) is 0 Å². The molecule has 1 spiro atoms. The number of aliphatic hydroxyl groups is 3. The number of furan rings is 1. The average molecular weight is 742 g/mol. The van der Waals surface area contributed by atoms with E-state index in [2.05, 4.69) is 31.3 Å². The molecule has 0 bridgehead atoms. The van der Waals surface area contributed by atoms with Gasteiger partial charge in [-0.1, -0.05) is 31.2 Å². The number of fused-ring (bicyclic) bond motifs is 6. The third-order valence-electron chi connectivity index (χ3n) is 16.8. The first-order valence-electron chi connectivity index (χ1n) is 21.9. The van der Waals surface area contributed by atoms with E-state index in [4.69, 9.17) is 26.5 Å². The molecule has 1 aromatic carbocycles. The lowest BCUT2D eigenvalue weighted by Gasteiger charge is -2.58. The Morgan fingerprint density at radius 3 is 2.76 bits per heavy atom. The highest BCUT2D eigenvalue weighted by Crippen LogP contribution is 2.69. The van der Waals surface area contributed by atoms with Crippen LogP contribution in [0.25, 0.3) is 10.8 Å². The first-order chi connectivity index (χ1) is 25.9. The number of aliphatic imine (C=N–C) groups is 1. The van der Waals surface area contributed by atoms with Crippen molar-refractivity contribution in [2.24, 2.45) is 51.1 Å². The maximum Gasteiger partial charge on any atom is 0.190 e. The SMILES string of the molecule is C=C1C[C@@]2(CC[C@H](CC[C@@]3(O)CCC[C@H](O)C3)C2)[C@@H]2O[C@]2(C)CC[C@@H]2[C@@H]1C[C@]2(C)[C@@H]1CC[C@H]([C@H](O)NC(N)=N[C@@H]2CCCc3ccc4cocc4c3C2)C1. The second kappa shape index (κ2) is 13.9. The minimum atomic E-state index is -0.689. The fraction of sp³-hybridized carbons (Fsp3) is 0.761. The lowest BCUT2D eigenvalue weighted by atomic mass is 9.46. The maximum atomic E-state index is 11.5. The molecule has 296 valence electrons. The number of nitrogens with two attached hydrogens (primary N) is 1. The summed E-state index contributed by atoms with van der Waals surface area (Å²) in [4.78, 5) is 4.92. The summed E-state index contributed by atoms with van der Waals surface area (Å²) < 4.78 is 12.3. The number of ether oxygens (including phenoxy) is 1. The van der Waals surface area contributed by atoms with Crippen molar-refractivity contribution in [1.29, 1.82) is 0 Å². The van der Waals surface area contributed by atoms with E-state index < -0.39 is 11.8 Å². The molecule has 1 aliphatic heterocycles. The molecule has 7 aliphatic rings. The lowest BCUT2D eigenvalue weighted by molar-refractivity contribution is -0.0712. The normalized spacial score (nSPS) is 44.3. The van der Waals surface area contributed by atoms with Crippen LogP contribution in [0.1, 0.15) is 141 Å². The van der Waals surface area contributed by atoms with Crippen molar-refractivity contribution >= 4 is 16.7 Å². The van der Waals surface area contributed by atoms with E-state index >= 15 is 0 Å². The van der Waals surface area contributed by atoms with Crippen molar-refractivity contribution in [2.75, 3.05) is 0 Å². The van der Waals surface area contributed by atoms with Gasteiger partial charge in [0.15, 0.2) is 5.96 Å². The van der Waals surface area contributed by atoms with E-state index in [0.29, 0.717) is 42.2 Å². The highest BCUT2D eigenvalue weighted by Gasteiger charge is 2.67. The fourth-order valence-corrected chi connectivity index (χ4v) is 13.7. The monoisotopic (exact) mass is 742 g/mol. The van der Waals surface area contributed by atoms with Crippen LogP contribution in [-0.2, 0) is 17.6 Å². The lowest BCUT2D eigenvalue weighted by Crippen LogP contribution is -2.51. The van der Waals surface area contributed by atoms with Crippen LogP contribution in [0.4, 0.5) is 0 Å². The summed E-state index contributed by atoms with van der Waals surface area (Å²) >= 11 is 0. The first kappa shape index (κ1) is 37.2. The van der Waals surface area contributed by atoms with Crippen molar-refractivity contribution in [3.63, 3.8) is 0 Å². The molecule has 0 radical (unpaired) electrons. The van der Waals surface area contributed by atoms with Crippen LogP contribution >= 0.6 is 0 Å². The second-order valence-electron chi connectivity index (χ2n) is 20.3. The Kier molecular flexibility index (Phi) is 9.59. The number of rotatable bonds is 7. The van der Waals surface area contributed by atoms with E-state index in [1.54, 1.807) is 0 Å². The van der Waals surface area contributed by atoms with E-state index in [9.17, 15) is 15.3 Å². The number of aliphatic hydroxyl groups excluding tert-OH is 2. The molecule has 6 N–H and O–H groups in total. The quantitative estimate of drug-likeness (QED) is 0.0483. The molecule has 0 amide bonds. The molecule has 2 aromatic rings. The molecule has 5 saturated carbocycles. The van der Waals surface area contributed by atoms with Gasteiger partial charge in [-0.15, -0.1) is 0 Å². The van der Waals surface area contributed by atoms with E-state index in [0.717, 1.165) is 95.3 Å². The molecular weight excluding hydrogens is 675 g/mol. The Hall–Kier alpha value is -2.39. The number of nitrogens with one attached hydrogen (secondary N) is 1. The summed E-state index contributed by atoms with van der Waals surface area (Å²) in [5.41, 5.74) is 10.4. The van der Waals surface area contributed by atoms with E-state index in [1.165, 1.54) is 54.2 Å². The third kappa shape index (κ3) is 6.77. The molecule has 8 nitrogen and oxygen atoms in total. The summed E-state index contributed by atoms with van der Waals surface area (Å²) in [6, 6.07) is 4.47. The Labute approximate surface area is 322 Å². The van der Waals surface area contributed by atoms with Crippen LogP contribution in [-0.4, -0.2) is 57.0 Å². The van der Waals surface area contributed by atoms with Crippen molar-refractivity contribution in [2.45, 2.75) is 178 Å². The number of hydrogen-bond donors (Lipinski definition) is 5. The van der Waals surface area contributed by atoms with Gasteiger partial charge in [0.1, 0.15) is 6.23 Å². The summed E-state index contributed by atoms with van der Waals surface area (Å²) in [5.74, 6) is 2.92. The van der Waals surface area contributed by atoms with Gasteiger partial charge in [-0.05, 0) is 169 Å². The topological polar surface area (TPSA) is 137 Å². The van der Waals surface area contributed by atoms with E-state index in [1.807, 2.05) is 12.5 Å². The molecule has 0 unspecified atom stereocenters. The summed E-state index contributed by atoms with van der Waals surface area (Å²) in [6.45, 7) is 9.76. The summed E-state index contributed by atoms with van der Waals surface area (Å²) in [5, 5.41) is 38.5. The molecule has 8 heteroatoms. The summed E-state index contributed by atoms with van der Waals surface area (Å²) in [6.07, 6.45) is 23.3. The molecule has 6 aliphatic carbocycles. The minimum absolute atomic E-state index is 0.0363. The van der Waals surface area contributed by atoms with Gasteiger partial charge in [-0.25, -0.2) is 4.99 Å². The van der Waals surface area contributed by atoms with E-state index in [-0.39, 0.29) is 34.5 Å². The standard InChI is InChI=1S/C46H67N3O5/c1-28-22-45(18-13-29(23-45)14-19-46(52)16-5-8-35(50)24-46)41-44(3,54-41)17-15-39-37(28)25-43(39,2)33-12-11-31(20-33)40(51)49-42(47)48-34-7-4-6-30-9-10-32-26-53-27-38(32)36(30)21-34/h9-10,26-27,29,31,33-35,37,39-41,50-52H,1,4-8,11-25H2,2-3H3,(H3,47,48,49)/t29-,31+,33-,34-,35+,37-,39-,40+,41-,43-,44-,45-,46+/m1/s1. The predicted molar refractivity (Wildman–Crippen MR) is 213 cm³/mol. The molecule has 54 heavy (non-hydrogen) atoms. The highest BCUT2D eigenvalue weighted by atomic mass is 16.6. The van der Waals surface area contributed by atoms with Crippen molar-refractivity contribution in [3.8, 4) is 0 Å². The fourth-order valence-electron chi connectivity index (χ4n) is 13.7. The van der Waals surface area contributed by atoms with Crippen molar-refractivity contribution in [3.05, 3.63) is 47.9 Å². The molecule has 6 fully saturated rings. The Morgan fingerprint density at radius 1 is 1.04 bits per heavy atom. The van der Waals surface area contributed by atoms with Crippen LogP contribution in [0, 0.1) is 40.4 Å². The van der Waals surface area contributed by atoms with Crippen molar-refractivity contribution in [1.82, 2.24) is 5.32 Å². The number of aryl methyl sites for hydroxylation is 1. The van der Waals surface area contributed by atoms with Crippen LogP contribution in [0.15, 0.2) is 46.2 Å². The molecule has 1 saturated heterocycles. The van der Waals surface area contributed by atoms with Gasteiger partial charge >= 0.3 is 0 Å². The highest BCUT2D eigenvalue weighted by molar-refractivity contribution is 5.86. The van der Waals surface area contributed by atoms with Gasteiger partial charge in [0.2, 0.25) is 0 Å². The Morgan fingerprint density at radius 2 is 1.91 bits per heavy atom. The predicted octanol–water partition coefficient (Wildman–Crippen LogP) is 8.09. The number of epoxide rings is 1. The molecular formula is C46H67N3O5. The van der Waals surface area contributed by atoms with Gasteiger partial charge < -0.3 is 35.5 Å². The van der Waals surface area contributed by atoms with Gasteiger partial charge in [0.05, 0.1) is 42.0 Å². The molecule has 9 rings (SSSR count). The Bertz CT molecular complexity index is 1760. The third-order valence-corrected chi connectivity index (χ3v) is 16.8. The van der Waals surface area contributed by atoms with Gasteiger partial charge in [0, 0.05) is 28.5 Å². The minimum Gasteiger partial charge on any atom is -0.471 e. The van der Waals surface area contributed by atoms with Crippen molar-refractivity contribution < 1.29 is 24.5 Å². The Balaban J connectivity index is 0.811. The first-order valence-corrected chi connectivity index (χ1v) is 21.9. The number of guanidine groups is 1.